The van der Waals surface area contributed by atoms with Gasteiger partial charge in [-0.15, -0.1) is 34.2 Å². The van der Waals surface area contributed by atoms with Crippen LogP contribution >= 0.6 is 24.0 Å². The molecule has 1 aromatic rings. The number of esters is 1. The Hall–Kier alpha value is -1.39. The van der Waals surface area contributed by atoms with Crippen LogP contribution in [0.3, 0.4) is 0 Å². The van der Waals surface area contributed by atoms with Crippen molar-refractivity contribution in [2.75, 3.05) is 26.7 Å². The number of rotatable bonds is 4. The predicted octanol–water partition coefficient (Wildman–Crippen LogP) is 1.05. The second-order valence-corrected chi connectivity index (χ2v) is 6.47. The molecule has 0 spiro atoms. The first-order valence-corrected chi connectivity index (χ1v) is 8.66. The average molecular weight is 462 g/mol. The van der Waals surface area contributed by atoms with Gasteiger partial charge in [0.25, 0.3) is 0 Å². The highest BCUT2D eigenvalue weighted by molar-refractivity contribution is 14.0. The van der Waals surface area contributed by atoms with E-state index in [4.69, 9.17) is 9.73 Å². The molecule has 140 valence electrons. The topological polar surface area (TPSA) is 84.6 Å². The fourth-order valence-corrected chi connectivity index (χ4v) is 3.50. The first-order chi connectivity index (χ1) is 11.6. The van der Waals surface area contributed by atoms with E-state index >= 15 is 0 Å². The normalized spacial score (nSPS) is 22.5. The van der Waals surface area contributed by atoms with Crippen molar-refractivity contribution in [1.29, 1.82) is 0 Å². The summed E-state index contributed by atoms with van der Waals surface area (Å²) in [6.45, 7) is 7.82. The molecule has 2 unspecified atom stereocenters. The van der Waals surface area contributed by atoms with Gasteiger partial charge in [0.2, 0.25) is 0 Å². The molecule has 3 heterocycles. The van der Waals surface area contributed by atoms with E-state index in [0.717, 1.165) is 50.1 Å². The number of methoxy groups -OCH3 is 1. The lowest BCUT2D eigenvalue weighted by Gasteiger charge is -2.21. The summed E-state index contributed by atoms with van der Waals surface area (Å²) in [5.41, 5.74) is 0. The second-order valence-electron chi connectivity index (χ2n) is 6.47. The molecule has 25 heavy (non-hydrogen) atoms. The van der Waals surface area contributed by atoms with Crippen molar-refractivity contribution < 1.29 is 9.53 Å². The molecule has 8 nitrogen and oxygen atoms in total. The summed E-state index contributed by atoms with van der Waals surface area (Å²) < 4.78 is 7.08. The van der Waals surface area contributed by atoms with E-state index in [1.165, 1.54) is 7.11 Å². The smallest absolute Gasteiger partial charge is 0.310 e. The van der Waals surface area contributed by atoms with Crippen LogP contribution in [0.1, 0.15) is 31.9 Å². The lowest BCUT2D eigenvalue weighted by molar-refractivity contribution is -0.145. The quantitative estimate of drug-likeness (QED) is 0.312. The van der Waals surface area contributed by atoms with Gasteiger partial charge >= 0.3 is 5.97 Å². The van der Waals surface area contributed by atoms with Crippen molar-refractivity contribution in [1.82, 2.24) is 25.0 Å². The van der Waals surface area contributed by atoms with Gasteiger partial charge < -0.3 is 19.5 Å². The van der Waals surface area contributed by atoms with Crippen LogP contribution < -0.4 is 5.32 Å². The number of nitrogens with zero attached hydrogens (tertiary/aromatic N) is 5. The van der Waals surface area contributed by atoms with Crippen molar-refractivity contribution in [3.8, 4) is 0 Å². The molecule has 2 aliphatic rings. The van der Waals surface area contributed by atoms with Crippen molar-refractivity contribution in [2.45, 2.75) is 39.8 Å². The molecule has 3 rings (SSSR count). The number of hydrogen-bond donors (Lipinski definition) is 1. The predicted molar refractivity (Wildman–Crippen MR) is 105 cm³/mol. The van der Waals surface area contributed by atoms with Crippen LogP contribution in [0.4, 0.5) is 0 Å². The molecule has 1 saturated heterocycles. The molecule has 1 fully saturated rings. The Labute approximate surface area is 165 Å². The van der Waals surface area contributed by atoms with E-state index in [2.05, 4.69) is 31.9 Å². The van der Waals surface area contributed by atoms with Crippen LogP contribution in [0.15, 0.2) is 4.99 Å². The SMILES string of the molecule is CCNC(=NCc1nnc2n1CCC2)N1CC(C)C(C(=O)OC)C1.I. The molecule has 1 N–H and O–H groups in total. The molecule has 0 aliphatic carbocycles. The molecule has 0 aromatic carbocycles. The second kappa shape index (κ2) is 8.81. The zero-order valence-electron chi connectivity index (χ0n) is 15.1. The molecule has 0 amide bonds. The maximum Gasteiger partial charge on any atom is 0.310 e. The van der Waals surface area contributed by atoms with Gasteiger partial charge in [0.15, 0.2) is 11.8 Å². The highest BCUT2D eigenvalue weighted by atomic mass is 127. The number of aryl methyl sites for hydroxylation is 1. The number of fused-ring (bicyclic) bond motifs is 1. The summed E-state index contributed by atoms with van der Waals surface area (Å²) in [4.78, 5) is 18.8. The Morgan fingerprint density at radius 2 is 2.20 bits per heavy atom. The first-order valence-electron chi connectivity index (χ1n) is 8.66. The molecule has 0 saturated carbocycles. The number of aliphatic imine (C=N–C) groups is 1. The number of carbonyl (C=O) groups excluding carboxylic acids is 1. The van der Waals surface area contributed by atoms with Crippen LogP contribution in [0.2, 0.25) is 0 Å². The van der Waals surface area contributed by atoms with Crippen LogP contribution in [0, 0.1) is 11.8 Å². The maximum absolute atomic E-state index is 11.9. The highest BCUT2D eigenvalue weighted by Crippen LogP contribution is 2.24. The van der Waals surface area contributed by atoms with E-state index in [0.29, 0.717) is 13.1 Å². The number of aromatic nitrogens is 3. The Morgan fingerprint density at radius 1 is 1.40 bits per heavy atom. The fourth-order valence-electron chi connectivity index (χ4n) is 3.50. The Balaban J connectivity index is 0.00000225. The van der Waals surface area contributed by atoms with Crippen molar-refractivity contribution >= 4 is 35.9 Å². The molecule has 1 aromatic heterocycles. The monoisotopic (exact) mass is 462 g/mol. The standard InChI is InChI=1S/C16H26N6O2.HI/c1-4-17-16(21-9-11(2)12(10-21)15(23)24-3)18-8-14-20-19-13-6-5-7-22(13)14;/h11-12H,4-10H2,1-3H3,(H,17,18);1H. The van der Waals surface area contributed by atoms with E-state index in [9.17, 15) is 4.79 Å². The summed E-state index contributed by atoms with van der Waals surface area (Å²) >= 11 is 0. The molecule has 0 radical (unpaired) electrons. The van der Waals surface area contributed by atoms with Crippen molar-refractivity contribution in [2.24, 2.45) is 16.8 Å². The number of nitrogens with one attached hydrogen (secondary N) is 1. The summed E-state index contributed by atoms with van der Waals surface area (Å²) in [7, 11) is 1.45. The van der Waals surface area contributed by atoms with Crippen LogP contribution in [-0.2, 0) is 29.0 Å². The van der Waals surface area contributed by atoms with Gasteiger partial charge in [0.05, 0.1) is 13.0 Å². The average Bonchev–Trinajstić information content (AvgIpc) is 3.27. The Bertz CT molecular complexity index is 632. The Morgan fingerprint density at radius 3 is 2.92 bits per heavy atom. The number of ether oxygens (including phenoxy) is 1. The van der Waals surface area contributed by atoms with Crippen LogP contribution in [0.5, 0.6) is 0 Å². The van der Waals surface area contributed by atoms with Gasteiger partial charge in [-0.3, -0.25) is 4.79 Å². The maximum atomic E-state index is 11.9. The highest BCUT2D eigenvalue weighted by Gasteiger charge is 2.36. The minimum absolute atomic E-state index is 0. The van der Waals surface area contributed by atoms with Gasteiger partial charge in [0, 0.05) is 32.6 Å². The van der Waals surface area contributed by atoms with Crippen molar-refractivity contribution in [3.05, 3.63) is 11.6 Å². The van der Waals surface area contributed by atoms with Crippen LogP contribution in [-0.4, -0.2) is 58.3 Å². The van der Waals surface area contributed by atoms with Crippen LogP contribution in [0.25, 0.3) is 0 Å². The van der Waals surface area contributed by atoms with Gasteiger partial charge in [-0.05, 0) is 19.3 Å². The van der Waals surface area contributed by atoms with E-state index in [-0.39, 0.29) is 41.8 Å². The number of likely N-dealkylation sites (tertiary alicyclic amines) is 1. The number of guanidine groups is 1. The summed E-state index contributed by atoms with van der Waals surface area (Å²) in [6.07, 6.45) is 2.13. The zero-order valence-corrected chi connectivity index (χ0v) is 17.4. The summed E-state index contributed by atoms with van der Waals surface area (Å²) in [5.74, 6) is 2.80. The zero-order chi connectivity index (χ0) is 17.1. The number of carbonyl (C=O) groups is 1. The summed E-state index contributed by atoms with van der Waals surface area (Å²) in [5, 5.41) is 11.8. The number of hydrogen-bond acceptors (Lipinski definition) is 5. The van der Waals surface area contributed by atoms with Gasteiger partial charge in [0.1, 0.15) is 12.4 Å². The lowest BCUT2D eigenvalue weighted by atomic mass is 9.99. The molecule has 0 bridgehead atoms. The third-order valence-electron chi connectivity index (χ3n) is 4.81. The number of halogens is 1. The fraction of sp³-hybridized carbons (Fsp3) is 0.750. The molecule has 2 atom stereocenters. The van der Waals surface area contributed by atoms with E-state index in [1.54, 1.807) is 0 Å². The largest absolute Gasteiger partial charge is 0.469 e. The van der Waals surface area contributed by atoms with E-state index in [1.807, 2.05) is 6.92 Å². The molecular formula is C16H27IN6O2. The van der Waals surface area contributed by atoms with Gasteiger partial charge in [-0.25, -0.2) is 4.99 Å². The third-order valence-corrected chi connectivity index (χ3v) is 4.81. The minimum atomic E-state index is -0.142. The van der Waals surface area contributed by atoms with Crippen molar-refractivity contribution in [3.63, 3.8) is 0 Å². The van der Waals surface area contributed by atoms with Gasteiger partial charge in [-0.2, -0.15) is 0 Å². The molecular weight excluding hydrogens is 435 g/mol. The third kappa shape index (κ3) is 4.24. The lowest BCUT2D eigenvalue weighted by Crippen LogP contribution is -2.40. The molecule has 2 aliphatic heterocycles. The molecule has 9 heteroatoms. The Kier molecular flexibility index (Phi) is 7.03. The first kappa shape index (κ1) is 19.9. The van der Waals surface area contributed by atoms with E-state index < -0.39 is 0 Å². The van der Waals surface area contributed by atoms with Gasteiger partial charge in [-0.1, -0.05) is 6.92 Å². The summed E-state index contributed by atoms with van der Waals surface area (Å²) in [6, 6.07) is 0. The minimum Gasteiger partial charge on any atom is -0.469 e.